The molecule has 0 aliphatic heterocycles. The summed E-state index contributed by atoms with van der Waals surface area (Å²) in [5, 5.41) is 2.47. The molecule has 1 rings (SSSR count). The van der Waals surface area contributed by atoms with Gasteiger partial charge in [0.2, 0.25) is 0 Å². The number of hydrogen-bond acceptors (Lipinski definition) is 1. The van der Waals surface area contributed by atoms with Gasteiger partial charge in [-0.05, 0) is 12.1 Å². The molecule has 0 aliphatic rings. The van der Waals surface area contributed by atoms with Crippen molar-refractivity contribution in [3.05, 3.63) is 35.4 Å². The molecule has 0 aliphatic carbocycles. The summed E-state index contributed by atoms with van der Waals surface area (Å²) in [5.74, 6) is -2.75. The Balaban J connectivity index is 2.78. The van der Waals surface area contributed by atoms with Gasteiger partial charge in [0.15, 0.2) is 11.6 Å². The Bertz CT molecular complexity index is 368. The zero-order valence-corrected chi connectivity index (χ0v) is 9.64. The Morgan fingerprint density at radius 1 is 1.53 bits per heavy atom. The maximum atomic E-state index is 13.1. The van der Waals surface area contributed by atoms with E-state index < -0.39 is 17.5 Å². The summed E-state index contributed by atoms with van der Waals surface area (Å²) in [6.07, 6.45) is 0. The van der Waals surface area contributed by atoms with E-state index in [2.05, 4.69) is 21.2 Å². The number of carbonyl (C=O) groups excluding carboxylic acids is 1. The molecule has 0 heterocycles. The van der Waals surface area contributed by atoms with Gasteiger partial charge in [-0.15, -0.1) is 0 Å². The largest absolute Gasteiger partial charge is 0.351 e. The monoisotopic (exact) mass is 277 g/mol. The van der Waals surface area contributed by atoms with Gasteiger partial charge in [0.05, 0.1) is 5.56 Å². The highest BCUT2D eigenvalue weighted by Gasteiger charge is 2.14. The summed E-state index contributed by atoms with van der Waals surface area (Å²) in [6.45, 7) is 2.19. The van der Waals surface area contributed by atoms with Crippen molar-refractivity contribution in [1.82, 2.24) is 5.32 Å². The highest BCUT2D eigenvalue weighted by molar-refractivity contribution is 9.09. The topological polar surface area (TPSA) is 29.1 Å². The maximum Gasteiger partial charge on any atom is 0.254 e. The van der Waals surface area contributed by atoms with Gasteiger partial charge in [-0.3, -0.25) is 4.79 Å². The van der Waals surface area contributed by atoms with Crippen molar-refractivity contribution in [2.24, 2.45) is 0 Å². The molecule has 1 aromatic carbocycles. The van der Waals surface area contributed by atoms with Crippen LogP contribution in [0.5, 0.6) is 0 Å². The van der Waals surface area contributed by atoms with Crippen LogP contribution in [-0.2, 0) is 0 Å². The maximum absolute atomic E-state index is 13.1. The zero-order chi connectivity index (χ0) is 11.4. The van der Waals surface area contributed by atoms with Crippen molar-refractivity contribution in [3.8, 4) is 0 Å². The normalized spacial score (nSPS) is 12.3. The van der Waals surface area contributed by atoms with Crippen LogP contribution >= 0.6 is 15.9 Å². The first-order chi connectivity index (χ1) is 7.02. The fourth-order valence-electron chi connectivity index (χ4n) is 1.01. The van der Waals surface area contributed by atoms with E-state index in [4.69, 9.17) is 0 Å². The molecule has 15 heavy (non-hydrogen) atoms. The Kier molecular flexibility index (Phi) is 4.20. The Hall–Kier alpha value is -0.970. The number of halogens is 3. The van der Waals surface area contributed by atoms with Crippen molar-refractivity contribution in [3.63, 3.8) is 0 Å². The summed E-state index contributed by atoms with van der Waals surface area (Å²) < 4.78 is 25.9. The summed E-state index contributed by atoms with van der Waals surface area (Å²) in [7, 11) is 0. The molecule has 0 spiro atoms. The second-order valence-electron chi connectivity index (χ2n) is 3.09. The molecule has 0 saturated heterocycles. The van der Waals surface area contributed by atoms with E-state index in [1.54, 1.807) is 0 Å². The molecule has 1 N–H and O–H groups in total. The lowest BCUT2D eigenvalue weighted by atomic mass is 10.2. The van der Waals surface area contributed by atoms with Crippen molar-refractivity contribution < 1.29 is 13.6 Å². The average molecular weight is 278 g/mol. The fourth-order valence-corrected chi connectivity index (χ4v) is 1.17. The molecule has 0 radical (unpaired) electrons. The van der Waals surface area contributed by atoms with Crippen LogP contribution in [0.1, 0.15) is 17.3 Å². The van der Waals surface area contributed by atoms with E-state index in [0.29, 0.717) is 6.54 Å². The van der Waals surface area contributed by atoms with Crippen LogP contribution in [0, 0.1) is 11.6 Å². The quantitative estimate of drug-likeness (QED) is 0.845. The number of rotatable bonds is 3. The molecular formula is C10H10BrF2NO. The average Bonchev–Trinajstić information content (AvgIpc) is 2.18. The lowest BCUT2D eigenvalue weighted by Crippen LogP contribution is -2.29. The second kappa shape index (κ2) is 5.21. The Labute approximate surface area is 94.8 Å². The van der Waals surface area contributed by atoms with E-state index >= 15 is 0 Å². The molecule has 0 bridgehead atoms. The van der Waals surface area contributed by atoms with E-state index in [1.807, 2.05) is 6.92 Å². The molecule has 1 amide bonds. The Morgan fingerprint density at radius 3 is 2.80 bits per heavy atom. The minimum atomic E-state index is -1.11. The van der Waals surface area contributed by atoms with Crippen molar-refractivity contribution >= 4 is 21.8 Å². The predicted molar refractivity (Wildman–Crippen MR) is 57.1 cm³/mol. The lowest BCUT2D eigenvalue weighted by Gasteiger charge is -2.07. The number of hydrogen-bond donors (Lipinski definition) is 1. The smallest absolute Gasteiger partial charge is 0.254 e. The second-order valence-corrected chi connectivity index (χ2v) is 4.66. The molecule has 1 unspecified atom stereocenters. The third kappa shape index (κ3) is 3.27. The van der Waals surface area contributed by atoms with Crippen LogP contribution in [-0.4, -0.2) is 17.3 Å². The standard InChI is InChI=1S/C10H10BrF2NO/c1-6(11)5-14-10(15)7-3-2-4-8(12)9(7)13/h2-4,6H,5H2,1H3,(H,14,15). The first-order valence-corrected chi connectivity index (χ1v) is 5.30. The number of nitrogens with one attached hydrogen (secondary N) is 1. The number of carbonyl (C=O) groups is 1. The summed E-state index contributed by atoms with van der Waals surface area (Å²) in [4.78, 5) is 11.5. The van der Waals surface area contributed by atoms with E-state index in [-0.39, 0.29) is 10.4 Å². The van der Waals surface area contributed by atoms with Crippen LogP contribution in [0.2, 0.25) is 0 Å². The van der Waals surface area contributed by atoms with E-state index in [1.165, 1.54) is 12.1 Å². The molecule has 0 saturated carbocycles. The molecule has 0 fully saturated rings. The molecule has 2 nitrogen and oxygen atoms in total. The minimum Gasteiger partial charge on any atom is -0.351 e. The van der Waals surface area contributed by atoms with Gasteiger partial charge in [0.25, 0.3) is 5.91 Å². The first kappa shape index (κ1) is 12.1. The summed E-state index contributed by atoms with van der Waals surface area (Å²) >= 11 is 3.23. The molecule has 1 aromatic rings. The van der Waals surface area contributed by atoms with E-state index in [0.717, 1.165) is 6.07 Å². The van der Waals surface area contributed by atoms with Gasteiger partial charge in [0.1, 0.15) is 0 Å². The molecule has 1 atom stereocenters. The van der Waals surface area contributed by atoms with Gasteiger partial charge in [-0.1, -0.05) is 28.9 Å². The van der Waals surface area contributed by atoms with E-state index in [9.17, 15) is 13.6 Å². The summed E-state index contributed by atoms with van der Waals surface area (Å²) in [6, 6.07) is 3.51. The number of alkyl halides is 1. The minimum absolute atomic E-state index is 0.0815. The molecule has 82 valence electrons. The summed E-state index contributed by atoms with van der Waals surface area (Å²) in [5.41, 5.74) is -0.275. The zero-order valence-electron chi connectivity index (χ0n) is 8.06. The number of benzene rings is 1. The lowest BCUT2D eigenvalue weighted by molar-refractivity contribution is 0.0949. The van der Waals surface area contributed by atoms with Gasteiger partial charge in [-0.25, -0.2) is 8.78 Å². The van der Waals surface area contributed by atoms with Crippen molar-refractivity contribution in [2.45, 2.75) is 11.8 Å². The third-order valence-electron chi connectivity index (χ3n) is 1.74. The van der Waals surface area contributed by atoms with Crippen LogP contribution in [0.25, 0.3) is 0 Å². The molecular weight excluding hydrogens is 268 g/mol. The SMILES string of the molecule is CC(Br)CNC(=O)c1cccc(F)c1F. The van der Waals surface area contributed by atoms with Gasteiger partial charge >= 0.3 is 0 Å². The first-order valence-electron chi connectivity index (χ1n) is 4.38. The van der Waals surface area contributed by atoms with Crippen LogP contribution in [0.15, 0.2) is 18.2 Å². The number of amides is 1. The predicted octanol–water partition coefficient (Wildman–Crippen LogP) is 2.48. The molecule has 0 aromatic heterocycles. The van der Waals surface area contributed by atoms with Crippen LogP contribution < -0.4 is 5.32 Å². The Morgan fingerprint density at radius 2 is 2.20 bits per heavy atom. The van der Waals surface area contributed by atoms with Crippen LogP contribution in [0.4, 0.5) is 8.78 Å². The van der Waals surface area contributed by atoms with Gasteiger partial charge in [-0.2, -0.15) is 0 Å². The van der Waals surface area contributed by atoms with Gasteiger partial charge < -0.3 is 5.32 Å². The fraction of sp³-hybridized carbons (Fsp3) is 0.300. The van der Waals surface area contributed by atoms with Gasteiger partial charge in [0, 0.05) is 11.4 Å². The highest BCUT2D eigenvalue weighted by Crippen LogP contribution is 2.11. The third-order valence-corrected chi connectivity index (χ3v) is 2.06. The van der Waals surface area contributed by atoms with Crippen LogP contribution in [0.3, 0.4) is 0 Å². The van der Waals surface area contributed by atoms with Crippen molar-refractivity contribution in [2.75, 3.05) is 6.54 Å². The highest BCUT2D eigenvalue weighted by atomic mass is 79.9. The van der Waals surface area contributed by atoms with Crippen molar-refractivity contribution in [1.29, 1.82) is 0 Å². The molecule has 5 heteroatoms.